The number of carbonyl (C=O) groups is 2. The average Bonchev–Trinajstić information content (AvgIpc) is 2.78. The van der Waals surface area contributed by atoms with Crippen LogP contribution in [0.1, 0.15) is 23.0 Å². The number of carbonyl (C=O) groups excluding carboxylic acids is 2. The zero-order valence-electron chi connectivity index (χ0n) is 18.1. The third kappa shape index (κ3) is 5.71. The summed E-state index contributed by atoms with van der Waals surface area (Å²) < 4.78 is 45.4. The summed E-state index contributed by atoms with van der Waals surface area (Å²) in [5.41, 5.74) is 10.0. The second kappa shape index (κ2) is 9.65. The number of nitrogens with two attached hydrogens (primary N) is 2. The van der Waals surface area contributed by atoms with Crippen molar-refractivity contribution in [2.45, 2.75) is 19.1 Å². The third-order valence-electron chi connectivity index (χ3n) is 4.68. The van der Waals surface area contributed by atoms with Crippen LogP contribution < -0.4 is 26.8 Å². The molecule has 0 spiro atoms. The molecule has 2 amide bonds. The second-order valence-corrected chi connectivity index (χ2v) is 7.18. The van der Waals surface area contributed by atoms with Gasteiger partial charge in [-0.05, 0) is 49.4 Å². The maximum absolute atomic E-state index is 13.3. The molecule has 0 saturated carbocycles. The number of primary amides is 2. The van der Waals surface area contributed by atoms with Crippen LogP contribution in [0.25, 0.3) is 11.4 Å². The molecule has 0 bridgehead atoms. The molecular formula is C22H21F3N6O3. The first-order valence-corrected chi connectivity index (χ1v) is 9.90. The molecule has 1 aromatic heterocycles. The molecule has 0 aliphatic carbocycles. The summed E-state index contributed by atoms with van der Waals surface area (Å²) in [6.45, 7) is 1.52. The average molecular weight is 474 g/mol. The Labute approximate surface area is 192 Å². The predicted octanol–water partition coefficient (Wildman–Crippen LogP) is 3.38. The zero-order chi connectivity index (χ0) is 25.0. The van der Waals surface area contributed by atoms with Crippen molar-refractivity contribution >= 4 is 23.3 Å². The number of hydrogen-bond acceptors (Lipinski definition) is 7. The normalized spacial score (nSPS) is 12.0. The molecule has 0 saturated heterocycles. The summed E-state index contributed by atoms with van der Waals surface area (Å²) in [7, 11) is 1.40. The fourth-order valence-electron chi connectivity index (χ4n) is 2.92. The molecule has 0 aliphatic rings. The van der Waals surface area contributed by atoms with Gasteiger partial charge >= 0.3 is 6.18 Å². The lowest BCUT2D eigenvalue weighted by Gasteiger charge is -2.15. The molecule has 0 radical (unpaired) electrons. The van der Waals surface area contributed by atoms with E-state index in [1.54, 1.807) is 12.1 Å². The molecule has 178 valence electrons. The summed E-state index contributed by atoms with van der Waals surface area (Å²) in [5.74, 6) is -0.879. The van der Waals surface area contributed by atoms with E-state index in [4.69, 9.17) is 16.2 Å². The summed E-state index contributed by atoms with van der Waals surface area (Å²) in [5, 5.41) is 5.26. The van der Waals surface area contributed by atoms with Gasteiger partial charge < -0.3 is 26.8 Å². The van der Waals surface area contributed by atoms with Crippen molar-refractivity contribution in [1.29, 1.82) is 0 Å². The Morgan fingerprint density at radius 3 is 2.21 bits per heavy atom. The van der Waals surface area contributed by atoms with E-state index in [2.05, 4.69) is 20.6 Å². The molecule has 0 fully saturated rings. The molecule has 12 heteroatoms. The van der Waals surface area contributed by atoms with Gasteiger partial charge in [0.25, 0.3) is 5.91 Å². The van der Waals surface area contributed by atoms with Gasteiger partial charge in [0.15, 0.2) is 5.82 Å². The van der Waals surface area contributed by atoms with Crippen LogP contribution in [-0.2, 0) is 11.0 Å². The maximum Gasteiger partial charge on any atom is 0.418 e. The number of benzene rings is 2. The predicted molar refractivity (Wildman–Crippen MR) is 119 cm³/mol. The fraction of sp³-hybridized carbons (Fsp3) is 0.182. The van der Waals surface area contributed by atoms with Crippen molar-refractivity contribution in [1.82, 2.24) is 9.97 Å². The number of alkyl halides is 3. The molecule has 2 aromatic carbocycles. The van der Waals surface area contributed by atoms with E-state index < -0.39 is 29.6 Å². The summed E-state index contributed by atoms with van der Waals surface area (Å²) in [6.07, 6.45) is -4.55. The molecule has 3 rings (SSSR count). The van der Waals surface area contributed by atoms with E-state index in [9.17, 15) is 22.8 Å². The van der Waals surface area contributed by atoms with E-state index in [1.165, 1.54) is 44.3 Å². The van der Waals surface area contributed by atoms with Crippen molar-refractivity contribution in [3.05, 3.63) is 59.8 Å². The van der Waals surface area contributed by atoms with Crippen molar-refractivity contribution in [2.24, 2.45) is 11.5 Å². The molecule has 3 aromatic rings. The number of nitrogens with zero attached hydrogens (tertiary/aromatic N) is 2. The Morgan fingerprint density at radius 1 is 1.00 bits per heavy atom. The topological polar surface area (TPSA) is 145 Å². The van der Waals surface area contributed by atoms with Crippen LogP contribution in [0, 0.1) is 0 Å². The summed E-state index contributed by atoms with van der Waals surface area (Å²) >= 11 is 0. The van der Waals surface area contributed by atoms with Crippen molar-refractivity contribution < 1.29 is 27.5 Å². The minimum absolute atomic E-state index is 0.00187. The van der Waals surface area contributed by atoms with Gasteiger partial charge in [-0.3, -0.25) is 9.59 Å². The molecule has 1 atom stereocenters. The zero-order valence-corrected chi connectivity index (χ0v) is 18.1. The highest BCUT2D eigenvalue weighted by atomic mass is 19.4. The standard InChI is InChI=1S/C22H21F3N6O3/c1-11(19(26)32)29-18-10-17(20(27)33)30-21(31-18)12-3-5-13(6-4-12)34-14-7-8-16(28-2)15(9-14)22(23,24)25/h3-11,28H,1-2H3,(H2,26,32)(H2,27,33)(H,29,30,31)/t11-/m0/s1. The van der Waals surface area contributed by atoms with Crippen LogP contribution >= 0.6 is 0 Å². The van der Waals surface area contributed by atoms with E-state index in [0.717, 1.165) is 6.07 Å². The van der Waals surface area contributed by atoms with Crippen LogP contribution in [0.4, 0.5) is 24.7 Å². The van der Waals surface area contributed by atoms with Gasteiger partial charge in [-0.1, -0.05) is 0 Å². The Balaban J connectivity index is 1.88. The number of nitrogens with one attached hydrogen (secondary N) is 2. The minimum Gasteiger partial charge on any atom is -0.457 e. The number of hydrogen-bond donors (Lipinski definition) is 4. The van der Waals surface area contributed by atoms with Crippen LogP contribution in [0.5, 0.6) is 11.5 Å². The van der Waals surface area contributed by atoms with Crippen LogP contribution in [0.2, 0.25) is 0 Å². The first-order valence-electron chi connectivity index (χ1n) is 9.90. The Kier molecular flexibility index (Phi) is 6.89. The monoisotopic (exact) mass is 474 g/mol. The Hall–Kier alpha value is -4.35. The van der Waals surface area contributed by atoms with E-state index in [-0.39, 0.29) is 34.5 Å². The fourth-order valence-corrected chi connectivity index (χ4v) is 2.92. The van der Waals surface area contributed by atoms with Crippen LogP contribution in [0.15, 0.2) is 48.5 Å². The molecule has 0 aliphatic heterocycles. The number of ether oxygens (including phenoxy) is 1. The maximum atomic E-state index is 13.3. The first kappa shape index (κ1) is 24.3. The second-order valence-electron chi connectivity index (χ2n) is 7.18. The highest BCUT2D eigenvalue weighted by Crippen LogP contribution is 2.38. The highest BCUT2D eigenvalue weighted by molar-refractivity contribution is 5.92. The SMILES string of the molecule is CNc1ccc(Oc2ccc(-c3nc(N[C@@H](C)C(N)=O)cc(C(N)=O)n3)cc2)cc1C(F)(F)F. The number of anilines is 2. The number of rotatable bonds is 8. The van der Waals surface area contributed by atoms with E-state index >= 15 is 0 Å². The quantitative estimate of drug-likeness (QED) is 0.392. The van der Waals surface area contributed by atoms with Crippen LogP contribution in [0.3, 0.4) is 0 Å². The lowest BCUT2D eigenvalue weighted by atomic mass is 10.1. The molecule has 6 N–H and O–H groups in total. The smallest absolute Gasteiger partial charge is 0.418 e. The Bertz CT molecular complexity index is 1220. The minimum atomic E-state index is -4.55. The van der Waals surface area contributed by atoms with Gasteiger partial charge in [-0.2, -0.15) is 13.2 Å². The highest BCUT2D eigenvalue weighted by Gasteiger charge is 2.33. The van der Waals surface area contributed by atoms with Gasteiger partial charge in [0.05, 0.1) is 5.56 Å². The lowest BCUT2D eigenvalue weighted by Crippen LogP contribution is -2.33. The van der Waals surface area contributed by atoms with Gasteiger partial charge in [0, 0.05) is 24.4 Å². The third-order valence-corrected chi connectivity index (χ3v) is 4.68. The largest absolute Gasteiger partial charge is 0.457 e. The number of aromatic nitrogens is 2. The summed E-state index contributed by atoms with van der Waals surface area (Å²) in [4.78, 5) is 31.4. The first-order chi connectivity index (χ1) is 16.0. The van der Waals surface area contributed by atoms with Crippen molar-refractivity contribution in [3.63, 3.8) is 0 Å². The Morgan fingerprint density at radius 2 is 1.65 bits per heavy atom. The van der Waals surface area contributed by atoms with E-state index in [1.807, 2.05) is 0 Å². The molecule has 34 heavy (non-hydrogen) atoms. The number of halogens is 3. The van der Waals surface area contributed by atoms with Gasteiger partial charge in [0.1, 0.15) is 29.1 Å². The van der Waals surface area contributed by atoms with Gasteiger partial charge in [-0.25, -0.2) is 9.97 Å². The number of amides is 2. The van der Waals surface area contributed by atoms with Crippen LogP contribution in [-0.4, -0.2) is 34.9 Å². The van der Waals surface area contributed by atoms with Gasteiger partial charge in [0.2, 0.25) is 5.91 Å². The van der Waals surface area contributed by atoms with Crippen molar-refractivity contribution in [3.8, 4) is 22.9 Å². The molecule has 9 nitrogen and oxygen atoms in total. The molecule has 1 heterocycles. The van der Waals surface area contributed by atoms with E-state index in [0.29, 0.717) is 5.56 Å². The molecular weight excluding hydrogens is 453 g/mol. The van der Waals surface area contributed by atoms with Crippen molar-refractivity contribution in [2.75, 3.05) is 17.7 Å². The van der Waals surface area contributed by atoms with Gasteiger partial charge in [-0.15, -0.1) is 0 Å². The molecule has 0 unspecified atom stereocenters. The summed E-state index contributed by atoms with van der Waals surface area (Å²) in [6, 6.07) is 10.2. The lowest BCUT2D eigenvalue weighted by molar-refractivity contribution is -0.137.